The minimum atomic E-state index is -0.895. The Bertz CT molecular complexity index is 811. The lowest BCUT2D eigenvalue weighted by Crippen LogP contribution is -2.20. The van der Waals surface area contributed by atoms with Crippen LogP contribution in [0.15, 0.2) is 18.2 Å². The van der Waals surface area contributed by atoms with E-state index in [0.717, 1.165) is 16.8 Å². The molecule has 0 spiro atoms. The average molecular weight is 374 g/mol. The predicted octanol–water partition coefficient (Wildman–Crippen LogP) is 1.78. The van der Waals surface area contributed by atoms with E-state index in [9.17, 15) is 9.90 Å². The lowest BCUT2D eigenvalue weighted by Gasteiger charge is -2.17. The number of ether oxygens (including phenoxy) is 1. The third-order valence-electron chi connectivity index (χ3n) is 4.28. The highest BCUT2D eigenvalue weighted by Gasteiger charge is 2.15. The van der Waals surface area contributed by atoms with E-state index in [1.165, 1.54) is 0 Å². The number of rotatable bonds is 9. The first kappa shape index (κ1) is 20.4. The maximum Gasteiger partial charge on any atom is 0.307 e. The molecule has 0 radical (unpaired) electrons. The molecule has 27 heavy (non-hydrogen) atoms. The molecule has 0 fully saturated rings. The van der Waals surface area contributed by atoms with E-state index in [0.29, 0.717) is 36.5 Å². The minimum Gasteiger partial charge on any atom is -0.496 e. The molecule has 0 aliphatic heterocycles. The second-order valence-electron chi connectivity index (χ2n) is 6.33. The van der Waals surface area contributed by atoms with Gasteiger partial charge in [0.2, 0.25) is 5.95 Å². The van der Waals surface area contributed by atoms with E-state index in [-0.39, 0.29) is 12.4 Å². The van der Waals surface area contributed by atoms with Gasteiger partial charge in [0.15, 0.2) is 0 Å². The van der Waals surface area contributed by atoms with Crippen molar-refractivity contribution >= 4 is 17.7 Å². The second kappa shape index (κ2) is 9.18. The lowest BCUT2D eigenvalue weighted by molar-refractivity contribution is -0.136. The molecule has 8 heteroatoms. The van der Waals surface area contributed by atoms with Crippen LogP contribution < -0.4 is 15.8 Å². The van der Waals surface area contributed by atoms with Gasteiger partial charge < -0.3 is 26.0 Å². The first-order chi connectivity index (χ1) is 12.8. The molecule has 0 amide bonds. The average Bonchev–Trinajstić information content (AvgIpc) is 2.62. The number of aromatic nitrogens is 2. The molecule has 146 valence electrons. The number of benzene rings is 1. The zero-order valence-electron chi connectivity index (χ0n) is 15.8. The number of nitrogens with two attached hydrogens (primary N) is 1. The molecule has 0 bridgehead atoms. The van der Waals surface area contributed by atoms with Gasteiger partial charge in [-0.05, 0) is 30.5 Å². The lowest BCUT2D eigenvalue weighted by atomic mass is 10.0. The molecule has 5 N–H and O–H groups in total. The molecule has 1 unspecified atom stereocenters. The van der Waals surface area contributed by atoms with Gasteiger partial charge in [-0.25, -0.2) is 4.98 Å². The van der Waals surface area contributed by atoms with Crippen molar-refractivity contribution < 1.29 is 19.7 Å². The van der Waals surface area contributed by atoms with Crippen LogP contribution >= 0.6 is 0 Å². The number of aliphatic hydroxyl groups is 1. The van der Waals surface area contributed by atoms with Gasteiger partial charge in [0.25, 0.3) is 0 Å². The highest BCUT2D eigenvalue weighted by molar-refractivity contribution is 5.70. The summed E-state index contributed by atoms with van der Waals surface area (Å²) in [6, 6.07) is 5.34. The number of nitrogens with zero attached hydrogens (tertiary/aromatic N) is 2. The predicted molar refractivity (Wildman–Crippen MR) is 103 cm³/mol. The van der Waals surface area contributed by atoms with Crippen LogP contribution in [-0.2, 0) is 17.6 Å². The molecule has 0 saturated carbocycles. The Morgan fingerprint density at radius 3 is 2.74 bits per heavy atom. The number of carboxylic acid groups (broad SMARTS) is 1. The van der Waals surface area contributed by atoms with Crippen LogP contribution in [0.1, 0.15) is 35.7 Å². The SMILES string of the molecule is CCC(O)CNc1nc(N)nc(C)c1Cc1ccc(CC(=O)O)cc1OC. The maximum absolute atomic E-state index is 10.9. The van der Waals surface area contributed by atoms with Crippen LogP contribution in [0.2, 0.25) is 0 Å². The number of carbonyl (C=O) groups is 1. The first-order valence-corrected chi connectivity index (χ1v) is 8.76. The summed E-state index contributed by atoms with van der Waals surface area (Å²) in [5.41, 5.74) is 8.89. The van der Waals surface area contributed by atoms with Gasteiger partial charge in [-0.2, -0.15) is 4.98 Å². The Morgan fingerprint density at radius 2 is 2.11 bits per heavy atom. The fourth-order valence-electron chi connectivity index (χ4n) is 2.74. The summed E-state index contributed by atoms with van der Waals surface area (Å²) in [5, 5.41) is 21.9. The summed E-state index contributed by atoms with van der Waals surface area (Å²) in [6.07, 6.45) is 0.551. The molecule has 0 aliphatic carbocycles. The van der Waals surface area contributed by atoms with Gasteiger partial charge in [0.1, 0.15) is 11.6 Å². The third-order valence-corrected chi connectivity index (χ3v) is 4.28. The smallest absolute Gasteiger partial charge is 0.307 e. The van der Waals surface area contributed by atoms with Crippen molar-refractivity contribution in [1.29, 1.82) is 0 Å². The number of nitrogens with one attached hydrogen (secondary N) is 1. The summed E-state index contributed by atoms with van der Waals surface area (Å²) in [7, 11) is 1.55. The van der Waals surface area contributed by atoms with E-state index in [2.05, 4.69) is 15.3 Å². The molecule has 2 rings (SSSR count). The van der Waals surface area contributed by atoms with E-state index < -0.39 is 12.1 Å². The standard InChI is InChI=1S/C19H26N4O4/c1-4-14(24)10-21-18-15(11(2)22-19(20)23-18)9-13-6-5-12(8-17(25)26)7-16(13)27-3/h5-7,14,24H,4,8-10H2,1-3H3,(H,25,26)(H3,20,21,22,23). The Labute approximate surface area is 158 Å². The number of methoxy groups -OCH3 is 1. The molecule has 1 aromatic heterocycles. The van der Waals surface area contributed by atoms with Crippen LogP contribution in [0.4, 0.5) is 11.8 Å². The van der Waals surface area contributed by atoms with Gasteiger partial charge >= 0.3 is 5.97 Å². The Kier molecular flexibility index (Phi) is 6.95. The highest BCUT2D eigenvalue weighted by Crippen LogP contribution is 2.27. The van der Waals surface area contributed by atoms with Gasteiger partial charge in [0.05, 0.1) is 19.6 Å². The Hall–Kier alpha value is -2.87. The molecule has 8 nitrogen and oxygen atoms in total. The van der Waals surface area contributed by atoms with Crippen molar-refractivity contribution in [3.05, 3.63) is 40.6 Å². The van der Waals surface area contributed by atoms with Crippen molar-refractivity contribution in [2.24, 2.45) is 0 Å². The van der Waals surface area contributed by atoms with Gasteiger partial charge in [-0.1, -0.05) is 19.1 Å². The fraction of sp³-hybridized carbons (Fsp3) is 0.421. The maximum atomic E-state index is 10.9. The molecular formula is C19H26N4O4. The number of carboxylic acids is 1. The largest absolute Gasteiger partial charge is 0.496 e. The van der Waals surface area contributed by atoms with Crippen molar-refractivity contribution in [3.8, 4) is 5.75 Å². The monoisotopic (exact) mass is 374 g/mol. The van der Waals surface area contributed by atoms with E-state index in [4.69, 9.17) is 15.6 Å². The Balaban J connectivity index is 2.34. The van der Waals surface area contributed by atoms with E-state index in [1.54, 1.807) is 19.2 Å². The van der Waals surface area contributed by atoms with Gasteiger partial charge in [-0.3, -0.25) is 4.79 Å². The molecular weight excluding hydrogens is 348 g/mol. The molecule has 1 aromatic carbocycles. The van der Waals surface area contributed by atoms with E-state index >= 15 is 0 Å². The number of aliphatic carboxylic acids is 1. The first-order valence-electron chi connectivity index (χ1n) is 8.76. The normalized spacial score (nSPS) is 11.9. The summed E-state index contributed by atoms with van der Waals surface area (Å²) in [5.74, 6) is 0.441. The van der Waals surface area contributed by atoms with Crippen molar-refractivity contribution in [1.82, 2.24) is 9.97 Å². The van der Waals surface area contributed by atoms with Gasteiger partial charge in [0, 0.05) is 24.2 Å². The number of aryl methyl sites for hydroxylation is 1. The van der Waals surface area contributed by atoms with Crippen LogP contribution in [0.25, 0.3) is 0 Å². The molecule has 1 atom stereocenters. The summed E-state index contributed by atoms with van der Waals surface area (Å²) < 4.78 is 5.44. The Morgan fingerprint density at radius 1 is 1.37 bits per heavy atom. The van der Waals surface area contributed by atoms with Crippen molar-refractivity contribution in [2.75, 3.05) is 24.7 Å². The second-order valence-corrected chi connectivity index (χ2v) is 6.33. The van der Waals surface area contributed by atoms with Gasteiger partial charge in [-0.15, -0.1) is 0 Å². The number of hydrogen-bond acceptors (Lipinski definition) is 7. The zero-order chi connectivity index (χ0) is 20.0. The minimum absolute atomic E-state index is 0.0671. The third kappa shape index (κ3) is 5.55. The molecule has 0 saturated heterocycles. The quantitative estimate of drug-likeness (QED) is 0.522. The summed E-state index contributed by atoms with van der Waals surface area (Å²) in [6.45, 7) is 4.10. The number of nitrogen functional groups attached to an aromatic ring is 1. The number of hydrogen-bond donors (Lipinski definition) is 4. The topological polar surface area (TPSA) is 131 Å². The molecule has 0 aliphatic rings. The summed E-state index contributed by atoms with van der Waals surface area (Å²) in [4.78, 5) is 19.4. The highest BCUT2D eigenvalue weighted by atomic mass is 16.5. The van der Waals surface area contributed by atoms with Crippen LogP contribution in [-0.4, -0.2) is 45.9 Å². The van der Waals surface area contributed by atoms with Crippen LogP contribution in [0, 0.1) is 6.92 Å². The van der Waals surface area contributed by atoms with Crippen molar-refractivity contribution in [3.63, 3.8) is 0 Å². The number of aliphatic hydroxyl groups excluding tert-OH is 1. The fourth-order valence-corrected chi connectivity index (χ4v) is 2.74. The summed E-state index contributed by atoms with van der Waals surface area (Å²) >= 11 is 0. The van der Waals surface area contributed by atoms with Crippen molar-refractivity contribution in [2.45, 2.75) is 39.2 Å². The van der Waals surface area contributed by atoms with Crippen LogP contribution in [0.5, 0.6) is 5.75 Å². The number of anilines is 2. The van der Waals surface area contributed by atoms with E-state index in [1.807, 2.05) is 19.9 Å². The molecule has 1 heterocycles. The zero-order valence-corrected chi connectivity index (χ0v) is 15.8. The molecule has 2 aromatic rings. The van der Waals surface area contributed by atoms with Crippen LogP contribution in [0.3, 0.4) is 0 Å².